The van der Waals surface area contributed by atoms with Gasteiger partial charge in [-0.15, -0.1) is 0 Å². The Hall–Kier alpha value is -2.23. The van der Waals surface area contributed by atoms with Gasteiger partial charge in [-0.3, -0.25) is 0 Å². The number of nitrogens with one attached hydrogen (secondary N) is 1. The molecule has 124 valence electrons. The largest absolute Gasteiger partial charge is 0.366 e. The van der Waals surface area contributed by atoms with Crippen LogP contribution in [0.15, 0.2) is 24.5 Å². The van der Waals surface area contributed by atoms with E-state index in [2.05, 4.69) is 28.3 Å². The summed E-state index contributed by atoms with van der Waals surface area (Å²) in [7, 11) is 0. The standard InChI is InChI=1S/C18H20N4O2/c1-12-9-18(23-6-7-24-18)5-4-15(12)22-17-14-8-13(10-19)2-3-16(14)20-11-21-17/h2-3,8,11-12,15H,4-7,9H2,1H3,(H,20,21,22). The summed E-state index contributed by atoms with van der Waals surface area (Å²) in [6, 6.07) is 7.96. The molecule has 4 rings (SSSR count). The first kappa shape index (κ1) is 15.3. The molecular weight excluding hydrogens is 304 g/mol. The number of hydrogen-bond acceptors (Lipinski definition) is 6. The summed E-state index contributed by atoms with van der Waals surface area (Å²) in [6.07, 6.45) is 4.30. The number of aromatic nitrogens is 2. The van der Waals surface area contributed by atoms with Crippen molar-refractivity contribution in [3.8, 4) is 6.07 Å². The van der Waals surface area contributed by atoms with Crippen molar-refractivity contribution >= 4 is 16.7 Å². The number of rotatable bonds is 2. The van der Waals surface area contributed by atoms with Crippen molar-refractivity contribution in [1.29, 1.82) is 5.26 Å². The Labute approximate surface area is 140 Å². The Morgan fingerprint density at radius 1 is 1.29 bits per heavy atom. The molecule has 1 saturated heterocycles. The lowest BCUT2D eigenvalue weighted by molar-refractivity contribution is -0.186. The molecule has 2 aromatic rings. The molecule has 1 aromatic carbocycles. The van der Waals surface area contributed by atoms with Crippen LogP contribution in [-0.4, -0.2) is 35.0 Å². The summed E-state index contributed by atoms with van der Waals surface area (Å²) in [5.74, 6) is 0.818. The Morgan fingerprint density at radius 2 is 2.12 bits per heavy atom. The molecule has 2 fully saturated rings. The van der Waals surface area contributed by atoms with Crippen molar-refractivity contribution in [2.24, 2.45) is 5.92 Å². The molecule has 24 heavy (non-hydrogen) atoms. The van der Waals surface area contributed by atoms with Crippen molar-refractivity contribution in [3.63, 3.8) is 0 Å². The van der Waals surface area contributed by atoms with Crippen LogP contribution in [0.1, 0.15) is 31.7 Å². The van der Waals surface area contributed by atoms with Crippen LogP contribution in [0, 0.1) is 17.2 Å². The van der Waals surface area contributed by atoms with Crippen molar-refractivity contribution < 1.29 is 9.47 Å². The van der Waals surface area contributed by atoms with Gasteiger partial charge in [-0.05, 0) is 30.5 Å². The number of nitrogens with zero attached hydrogens (tertiary/aromatic N) is 3. The monoisotopic (exact) mass is 324 g/mol. The van der Waals surface area contributed by atoms with E-state index in [0.717, 1.165) is 36.0 Å². The van der Waals surface area contributed by atoms with Gasteiger partial charge in [0.25, 0.3) is 0 Å². The highest BCUT2D eigenvalue weighted by Crippen LogP contribution is 2.39. The summed E-state index contributed by atoms with van der Waals surface area (Å²) in [5, 5.41) is 13.6. The fraction of sp³-hybridized carbons (Fsp3) is 0.500. The molecule has 2 aliphatic rings. The lowest BCUT2D eigenvalue weighted by Crippen LogP contribution is -2.44. The average Bonchev–Trinajstić information content (AvgIpc) is 3.05. The third-order valence-electron chi connectivity index (χ3n) is 5.06. The van der Waals surface area contributed by atoms with Crippen LogP contribution >= 0.6 is 0 Å². The van der Waals surface area contributed by atoms with Crippen molar-refractivity contribution in [3.05, 3.63) is 30.1 Å². The number of hydrogen-bond donors (Lipinski definition) is 1. The molecule has 1 aromatic heterocycles. The fourth-order valence-corrected chi connectivity index (χ4v) is 3.79. The second kappa shape index (κ2) is 6.00. The summed E-state index contributed by atoms with van der Waals surface area (Å²) < 4.78 is 11.7. The number of nitriles is 1. The summed E-state index contributed by atoms with van der Waals surface area (Å²) in [5.41, 5.74) is 1.46. The number of anilines is 1. The van der Waals surface area contributed by atoms with E-state index in [-0.39, 0.29) is 5.79 Å². The third-order valence-corrected chi connectivity index (χ3v) is 5.06. The first-order valence-corrected chi connectivity index (χ1v) is 8.38. The molecule has 0 bridgehead atoms. The smallest absolute Gasteiger partial charge is 0.168 e. The molecule has 2 unspecified atom stereocenters. The highest BCUT2D eigenvalue weighted by Gasteiger charge is 2.43. The number of ether oxygens (including phenoxy) is 2. The molecule has 1 N–H and O–H groups in total. The predicted octanol–water partition coefficient (Wildman–Crippen LogP) is 2.85. The van der Waals surface area contributed by atoms with Crippen LogP contribution in [0.4, 0.5) is 5.82 Å². The van der Waals surface area contributed by atoms with Crippen LogP contribution in [0.3, 0.4) is 0 Å². The first-order chi connectivity index (χ1) is 11.7. The second-order valence-electron chi connectivity index (χ2n) is 6.64. The van der Waals surface area contributed by atoms with E-state index < -0.39 is 0 Å². The van der Waals surface area contributed by atoms with Crippen molar-refractivity contribution in [2.45, 2.75) is 38.0 Å². The summed E-state index contributed by atoms with van der Waals surface area (Å²) in [6.45, 7) is 3.60. The van der Waals surface area contributed by atoms with Crippen LogP contribution in [0.2, 0.25) is 0 Å². The minimum absolute atomic E-state index is 0.298. The summed E-state index contributed by atoms with van der Waals surface area (Å²) >= 11 is 0. The molecular formula is C18H20N4O2. The van der Waals surface area contributed by atoms with E-state index in [1.165, 1.54) is 0 Å². The highest BCUT2D eigenvalue weighted by atomic mass is 16.7. The van der Waals surface area contributed by atoms with Crippen LogP contribution in [0.25, 0.3) is 10.9 Å². The normalized spacial score (nSPS) is 25.7. The Morgan fingerprint density at radius 3 is 2.88 bits per heavy atom. The lowest BCUT2D eigenvalue weighted by atomic mass is 9.81. The van der Waals surface area contributed by atoms with Gasteiger partial charge in [0.05, 0.1) is 30.4 Å². The average molecular weight is 324 g/mol. The zero-order chi connectivity index (χ0) is 16.6. The van der Waals surface area contributed by atoms with E-state index in [0.29, 0.717) is 30.7 Å². The van der Waals surface area contributed by atoms with Gasteiger partial charge >= 0.3 is 0 Å². The molecule has 1 aliphatic heterocycles. The molecule has 0 amide bonds. The number of benzene rings is 1. The zero-order valence-corrected chi connectivity index (χ0v) is 13.7. The van der Waals surface area contributed by atoms with Gasteiger partial charge < -0.3 is 14.8 Å². The van der Waals surface area contributed by atoms with E-state index in [9.17, 15) is 0 Å². The molecule has 1 aliphatic carbocycles. The summed E-state index contributed by atoms with van der Waals surface area (Å²) in [4.78, 5) is 8.69. The first-order valence-electron chi connectivity index (χ1n) is 8.38. The molecule has 2 heterocycles. The molecule has 1 spiro atoms. The van der Waals surface area contributed by atoms with Gasteiger partial charge in [-0.1, -0.05) is 6.92 Å². The Kier molecular flexibility index (Phi) is 3.83. The molecule has 6 heteroatoms. The quantitative estimate of drug-likeness (QED) is 0.915. The second-order valence-corrected chi connectivity index (χ2v) is 6.64. The maximum atomic E-state index is 9.13. The fourth-order valence-electron chi connectivity index (χ4n) is 3.79. The van der Waals surface area contributed by atoms with Crippen molar-refractivity contribution in [2.75, 3.05) is 18.5 Å². The maximum absolute atomic E-state index is 9.13. The van der Waals surface area contributed by atoms with E-state index >= 15 is 0 Å². The lowest BCUT2D eigenvalue weighted by Gasteiger charge is -2.40. The van der Waals surface area contributed by atoms with Crippen molar-refractivity contribution in [1.82, 2.24) is 9.97 Å². The zero-order valence-electron chi connectivity index (χ0n) is 13.7. The SMILES string of the molecule is CC1CC2(CCC1Nc1ncnc3ccc(C#N)cc13)OCCO2. The predicted molar refractivity (Wildman–Crippen MR) is 89.3 cm³/mol. The minimum Gasteiger partial charge on any atom is -0.366 e. The Balaban J connectivity index is 1.57. The molecule has 6 nitrogen and oxygen atoms in total. The molecule has 1 saturated carbocycles. The minimum atomic E-state index is -0.376. The maximum Gasteiger partial charge on any atom is 0.168 e. The van der Waals surface area contributed by atoms with Gasteiger partial charge in [-0.25, -0.2) is 9.97 Å². The van der Waals surface area contributed by atoms with Crippen LogP contribution < -0.4 is 5.32 Å². The molecule has 0 radical (unpaired) electrons. The highest BCUT2D eigenvalue weighted by molar-refractivity contribution is 5.89. The van der Waals surface area contributed by atoms with Crippen LogP contribution in [-0.2, 0) is 9.47 Å². The van der Waals surface area contributed by atoms with Crippen LogP contribution in [0.5, 0.6) is 0 Å². The van der Waals surface area contributed by atoms with E-state index in [1.807, 2.05) is 12.1 Å². The third kappa shape index (κ3) is 2.70. The van der Waals surface area contributed by atoms with Gasteiger partial charge in [-0.2, -0.15) is 5.26 Å². The Bertz CT molecular complexity index is 795. The van der Waals surface area contributed by atoms with Gasteiger partial charge in [0.15, 0.2) is 5.79 Å². The van der Waals surface area contributed by atoms with Gasteiger partial charge in [0, 0.05) is 24.3 Å². The number of fused-ring (bicyclic) bond motifs is 1. The van der Waals surface area contributed by atoms with E-state index in [1.54, 1.807) is 12.4 Å². The molecule has 2 atom stereocenters. The van der Waals surface area contributed by atoms with Gasteiger partial charge in [0.1, 0.15) is 12.1 Å². The topological polar surface area (TPSA) is 80.1 Å². The van der Waals surface area contributed by atoms with E-state index in [4.69, 9.17) is 14.7 Å². The van der Waals surface area contributed by atoms with Gasteiger partial charge in [0.2, 0.25) is 0 Å².